The number of carbonyl (C=O) groups is 2. The molecular formula is C24H26N2O3. The molecule has 0 aromatic heterocycles. The minimum atomic E-state index is -0.588. The van der Waals surface area contributed by atoms with Crippen molar-refractivity contribution in [1.29, 1.82) is 0 Å². The third-order valence-electron chi connectivity index (χ3n) is 5.23. The van der Waals surface area contributed by atoms with Gasteiger partial charge in [-0.05, 0) is 60.2 Å². The average Bonchev–Trinajstić information content (AvgIpc) is 2.76. The SMILES string of the molecule is Cc1ccccc1C1CCCN(C(=O)/C=C/c2cccc(/C=C/C(=O)NO)c2)C1. The van der Waals surface area contributed by atoms with E-state index in [1.165, 1.54) is 17.2 Å². The van der Waals surface area contributed by atoms with Crippen LogP contribution in [0.2, 0.25) is 0 Å². The third-order valence-corrected chi connectivity index (χ3v) is 5.23. The molecule has 1 aliphatic heterocycles. The van der Waals surface area contributed by atoms with Crippen LogP contribution in [0.15, 0.2) is 60.7 Å². The van der Waals surface area contributed by atoms with Crippen LogP contribution in [0.25, 0.3) is 12.2 Å². The highest BCUT2D eigenvalue weighted by Gasteiger charge is 2.24. The van der Waals surface area contributed by atoms with E-state index in [1.807, 2.05) is 35.2 Å². The van der Waals surface area contributed by atoms with Gasteiger partial charge in [-0.2, -0.15) is 0 Å². The average molecular weight is 390 g/mol. The first-order valence-electron chi connectivity index (χ1n) is 9.81. The van der Waals surface area contributed by atoms with Crippen LogP contribution in [0.3, 0.4) is 0 Å². The van der Waals surface area contributed by atoms with E-state index in [4.69, 9.17) is 5.21 Å². The van der Waals surface area contributed by atoms with Crippen LogP contribution in [0.5, 0.6) is 0 Å². The zero-order valence-electron chi connectivity index (χ0n) is 16.5. The summed E-state index contributed by atoms with van der Waals surface area (Å²) in [5.41, 5.74) is 5.85. The maximum Gasteiger partial charge on any atom is 0.267 e. The van der Waals surface area contributed by atoms with Crippen LogP contribution in [0.1, 0.15) is 41.0 Å². The maximum absolute atomic E-state index is 12.7. The van der Waals surface area contributed by atoms with Gasteiger partial charge in [-0.15, -0.1) is 0 Å². The van der Waals surface area contributed by atoms with Crippen molar-refractivity contribution in [3.05, 3.63) is 82.9 Å². The first-order chi connectivity index (χ1) is 14.1. The van der Waals surface area contributed by atoms with Crippen molar-refractivity contribution in [3.63, 3.8) is 0 Å². The first kappa shape index (κ1) is 20.6. The molecule has 1 saturated heterocycles. The fraction of sp³-hybridized carbons (Fsp3) is 0.250. The molecule has 1 fully saturated rings. The van der Waals surface area contributed by atoms with Crippen molar-refractivity contribution in [2.24, 2.45) is 0 Å². The van der Waals surface area contributed by atoms with Gasteiger partial charge in [0.25, 0.3) is 5.91 Å². The summed E-state index contributed by atoms with van der Waals surface area (Å²) < 4.78 is 0. The molecule has 1 aliphatic rings. The van der Waals surface area contributed by atoms with E-state index >= 15 is 0 Å². The molecule has 3 rings (SSSR count). The Labute approximate surface area is 171 Å². The van der Waals surface area contributed by atoms with E-state index < -0.39 is 5.91 Å². The van der Waals surface area contributed by atoms with Crippen molar-refractivity contribution in [3.8, 4) is 0 Å². The van der Waals surface area contributed by atoms with E-state index in [0.29, 0.717) is 5.92 Å². The third kappa shape index (κ3) is 5.65. The molecule has 150 valence electrons. The summed E-state index contributed by atoms with van der Waals surface area (Å²) in [6.07, 6.45) is 8.36. The van der Waals surface area contributed by atoms with Gasteiger partial charge in [-0.3, -0.25) is 14.8 Å². The molecular weight excluding hydrogens is 364 g/mol. The van der Waals surface area contributed by atoms with Gasteiger partial charge in [0.1, 0.15) is 0 Å². The van der Waals surface area contributed by atoms with Crippen LogP contribution in [-0.2, 0) is 9.59 Å². The lowest BCUT2D eigenvalue weighted by atomic mass is 9.88. The van der Waals surface area contributed by atoms with Gasteiger partial charge in [0.2, 0.25) is 5.91 Å². The number of hydrogen-bond acceptors (Lipinski definition) is 3. The standard InChI is InChI=1S/C24H26N2O3/c1-18-6-2-3-10-22(18)21-9-5-15-26(17-21)24(28)14-12-20-8-4-7-19(16-20)11-13-23(27)25-29/h2-4,6-8,10-14,16,21,29H,5,9,15,17H2,1H3,(H,25,27)/b13-11+,14-12+. The van der Waals surface area contributed by atoms with E-state index in [9.17, 15) is 9.59 Å². The minimum Gasteiger partial charge on any atom is -0.339 e. The smallest absolute Gasteiger partial charge is 0.267 e. The summed E-state index contributed by atoms with van der Waals surface area (Å²) in [7, 11) is 0. The predicted octanol–water partition coefficient (Wildman–Crippen LogP) is 3.93. The van der Waals surface area contributed by atoms with E-state index in [1.54, 1.807) is 23.7 Å². The number of nitrogens with one attached hydrogen (secondary N) is 1. The van der Waals surface area contributed by atoms with Gasteiger partial charge in [0.05, 0.1) is 0 Å². The van der Waals surface area contributed by atoms with E-state index in [0.717, 1.165) is 37.1 Å². The number of rotatable bonds is 5. The van der Waals surface area contributed by atoms with Gasteiger partial charge in [0.15, 0.2) is 0 Å². The largest absolute Gasteiger partial charge is 0.339 e. The Balaban J connectivity index is 1.65. The van der Waals surface area contributed by atoms with Crippen LogP contribution in [0, 0.1) is 6.92 Å². The molecule has 2 N–H and O–H groups in total. The van der Waals surface area contributed by atoms with Gasteiger partial charge >= 0.3 is 0 Å². The molecule has 2 aromatic rings. The Kier molecular flexibility index (Phi) is 6.98. The highest BCUT2D eigenvalue weighted by Crippen LogP contribution is 2.29. The van der Waals surface area contributed by atoms with Gasteiger partial charge in [-0.25, -0.2) is 5.48 Å². The molecule has 0 spiro atoms. The molecule has 2 amide bonds. The number of carbonyl (C=O) groups excluding carboxylic acids is 2. The Hall–Kier alpha value is -3.18. The quantitative estimate of drug-likeness (QED) is 0.462. The summed E-state index contributed by atoms with van der Waals surface area (Å²) >= 11 is 0. The van der Waals surface area contributed by atoms with Crippen molar-refractivity contribution >= 4 is 24.0 Å². The zero-order valence-corrected chi connectivity index (χ0v) is 16.5. The monoisotopic (exact) mass is 390 g/mol. The fourth-order valence-corrected chi connectivity index (χ4v) is 3.72. The van der Waals surface area contributed by atoms with Gasteiger partial charge < -0.3 is 4.90 Å². The Morgan fingerprint density at radius 1 is 1.07 bits per heavy atom. The fourth-order valence-electron chi connectivity index (χ4n) is 3.72. The first-order valence-corrected chi connectivity index (χ1v) is 9.81. The number of amides is 2. The van der Waals surface area contributed by atoms with Gasteiger partial charge in [0, 0.05) is 31.2 Å². The number of piperidine rings is 1. The van der Waals surface area contributed by atoms with Crippen molar-refractivity contribution in [2.45, 2.75) is 25.7 Å². The lowest BCUT2D eigenvalue weighted by Crippen LogP contribution is -2.38. The molecule has 5 heteroatoms. The van der Waals surface area contributed by atoms with E-state index in [2.05, 4.69) is 25.1 Å². The highest BCUT2D eigenvalue weighted by atomic mass is 16.5. The van der Waals surface area contributed by atoms with Crippen LogP contribution in [0.4, 0.5) is 0 Å². The molecule has 1 unspecified atom stereocenters. The molecule has 1 atom stereocenters. The summed E-state index contributed by atoms with van der Waals surface area (Å²) in [6.45, 7) is 3.65. The molecule has 2 aromatic carbocycles. The molecule has 1 heterocycles. The molecule has 29 heavy (non-hydrogen) atoms. The molecule has 0 aliphatic carbocycles. The molecule has 5 nitrogen and oxygen atoms in total. The second-order valence-corrected chi connectivity index (χ2v) is 7.29. The Morgan fingerprint density at radius 2 is 1.79 bits per heavy atom. The number of benzene rings is 2. The second-order valence-electron chi connectivity index (χ2n) is 7.29. The Bertz CT molecular complexity index is 933. The summed E-state index contributed by atoms with van der Waals surface area (Å²) in [4.78, 5) is 25.7. The minimum absolute atomic E-state index is 0.0175. The predicted molar refractivity (Wildman–Crippen MR) is 114 cm³/mol. The van der Waals surface area contributed by atoms with Crippen molar-refractivity contribution in [2.75, 3.05) is 13.1 Å². The summed E-state index contributed by atoms with van der Waals surface area (Å²) in [5.74, 6) is -0.188. The molecule has 0 radical (unpaired) electrons. The zero-order chi connectivity index (χ0) is 20.6. The number of aryl methyl sites for hydroxylation is 1. The number of likely N-dealkylation sites (tertiary alicyclic amines) is 1. The summed E-state index contributed by atoms with van der Waals surface area (Å²) in [6, 6.07) is 15.9. The molecule has 0 saturated carbocycles. The van der Waals surface area contributed by atoms with Crippen LogP contribution < -0.4 is 5.48 Å². The lowest BCUT2D eigenvalue weighted by molar-refractivity contribution is -0.127. The highest BCUT2D eigenvalue weighted by molar-refractivity contribution is 5.92. The number of hydroxylamine groups is 1. The normalized spacial score (nSPS) is 17.0. The van der Waals surface area contributed by atoms with E-state index in [-0.39, 0.29) is 5.91 Å². The van der Waals surface area contributed by atoms with Crippen LogP contribution >= 0.6 is 0 Å². The topological polar surface area (TPSA) is 69.6 Å². The van der Waals surface area contributed by atoms with Crippen molar-refractivity contribution < 1.29 is 14.8 Å². The molecule has 0 bridgehead atoms. The van der Waals surface area contributed by atoms with Gasteiger partial charge in [-0.1, -0.05) is 42.5 Å². The number of hydrogen-bond donors (Lipinski definition) is 2. The van der Waals surface area contributed by atoms with Crippen LogP contribution in [-0.4, -0.2) is 35.0 Å². The summed E-state index contributed by atoms with van der Waals surface area (Å²) in [5, 5.41) is 8.54. The lowest BCUT2D eigenvalue weighted by Gasteiger charge is -2.33. The Morgan fingerprint density at radius 3 is 2.52 bits per heavy atom. The maximum atomic E-state index is 12.7. The number of nitrogens with zero attached hydrogens (tertiary/aromatic N) is 1. The van der Waals surface area contributed by atoms with Crippen molar-refractivity contribution in [1.82, 2.24) is 10.4 Å². The second kappa shape index (κ2) is 9.85.